The van der Waals surface area contributed by atoms with Gasteiger partial charge in [-0.2, -0.15) is 0 Å². The van der Waals surface area contributed by atoms with E-state index in [-0.39, 0.29) is 5.75 Å². The van der Waals surface area contributed by atoms with Crippen molar-refractivity contribution in [3.63, 3.8) is 0 Å². The molecule has 0 heterocycles. The molecule has 0 aliphatic carbocycles. The molecule has 0 aliphatic heterocycles. The van der Waals surface area contributed by atoms with E-state index in [0.29, 0.717) is 5.75 Å². The van der Waals surface area contributed by atoms with Crippen molar-refractivity contribution < 1.29 is 19.7 Å². The molecule has 1 aromatic carbocycles. The van der Waals surface area contributed by atoms with Crippen LogP contribution in [-0.4, -0.2) is 23.3 Å². The average Bonchev–Trinajstić information content (AvgIpc) is 2.19. The van der Waals surface area contributed by atoms with Gasteiger partial charge in [0.15, 0.2) is 11.5 Å². The standard InChI is InChI=1S/C7H8O2.C3H4O2/c1-9-7-5-3-2-4-6(7)8;1-2-3(4)5/h2-5,8H,1H3;2H,1H2,(H,4,5). The zero-order valence-electron chi connectivity index (χ0n) is 7.80. The molecule has 2 N–H and O–H groups in total. The van der Waals surface area contributed by atoms with Crippen molar-refractivity contribution in [3.05, 3.63) is 36.9 Å². The summed E-state index contributed by atoms with van der Waals surface area (Å²) in [6.45, 7) is 2.96. The lowest BCUT2D eigenvalue weighted by atomic mass is 10.3. The summed E-state index contributed by atoms with van der Waals surface area (Å²) >= 11 is 0. The van der Waals surface area contributed by atoms with Gasteiger partial charge in [0.25, 0.3) is 0 Å². The van der Waals surface area contributed by atoms with E-state index in [9.17, 15) is 4.79 Å². The fourth-order valence-electron chi connectivity index (χ4n) is 0.630. The first-order valence-corrected chi connectivity index (χ1v) is 3.79. The van der Waals surface area contributed by atoms with Crippen LogP contribution in [0.1, 0.15) is 0 Å². The lowest BCUT2D eigenvalue weighted by Crippen LogP contribution is -1.82. The Bertz CT molecular complexity index is 307. The van der Waals surface area contributed by atoms with E-state index in [4.69, 9.17) is 14.9 Å². The molecule has 0 radical (unpaired) electrons. The van der Waals surface area contributed by atoms with Crippen molar-refractivity contribution in [2.75, 3.05) is 7.11 Å². The van der Waals surface area contributed by atoms with Crippen LogP contribution in [0.3, 0.4) is 0 Å². The van der Waals surface area contributed by atoms with Gasteiger partial charge in [0.2, 0.25) is 0 Å². The lowest BCUT2D eigenvalue weighted by Gasteiger charge is -1.99. The van der Waals surface area contributed by atoms with E-state index >= 15 is 0 Å². The third kappa shape index (κ3) is 4.82. The number of methoxy groups -OCH3 is 1. The van der Waals surface area contributed by atoms with Crippen LogP contribution in [0.4, 0.5) is 0 Å². The maximum Gasteiger partial charge on any atom is 0.327 e. The number of ether oxygens (including phenoxy) is 1. The van der Waals surface area contributed by atoms with Crippen LogP contribution in [0.2, 0.25) is 0 Å². The van der Waals surface area contributed by atoms with Gasteiger partial charge in [-0.1, -0.05) is 18.7 Å². The monoisotopic (exact) mass is 196 g/mol. The number of benzene rings is 1. The second-order valence-corrected chi connectivity index (χ2v) is 2.21. The van der Waals surface area contributed by atoms with Crippen LogP contribution in [0.15, 0.2) is 36.9 Å². The highest BCUT2D eigenvalue weighted by Gasteiger charge is 1.94. The van der Waals surface area contributed by atoms with Crippen molar-refractivity contribution in [2.24, 2.45) is 0 Å². The van der Waals surface area contributed by atoms with Crippen LogP contribution in [-0.2, 0) is 4.79 Å². The number of phenolic OH excluding ortho intramolecular Hbond substituents is 1. The average molecular weight is 196 g/mol. The molecule has 0 aliphatic rings. The molecule has 76 valence electrons. The largest absolute Gasteiger partial charge is 0.504 e. The number of para-hydroxylation sites is 2. The highest BCUT2D eigenvalue weighted by Crippen LogP contribution is 2.22. The Kier molecular flexibility index (Phi) is 5.62. The summed E-state index contributed by atoms with van der Waals surface area (Å²) in [6.07, 6.45) is 0.833. The van der Waals surface area contributed by atoms with Gasteiger partial charge in [-0.15, -0.1) is 0 Å². The zero-order chi connectivity index (χ0) is 11.0. The van der Waals surface area contributed by atoms with Crippen LogP contribution >= 0.6 is 0 Å². The Labute approximate surface area is 82.1 Å². The SMILES string of the molecule is C=CC(=O)O.COc1ccccc1O. The van der Waals surface area contributed by atoms with Gasteiger partial charge in [0, 0.05) is 6.08 Å². The van der Waals surface area contributed by atoms with Crippen LogP contribution in [0, 0.1) is 0 Å². The minimum atomic E-state index is -0.981. The first kappa shape index (κ1) is 12.0. The fourth-order valence-corrected chi connectivity index (χ4v) is 0.630. The lowest BCUT2D eigenvalue weighted by molar-refractivity contribution is -0.131. The van der Waals surface area contributed by atoms with E-state index in [0.717, 1.165) is 6.08 Å². The third-order valence-corrected chi connectivity index (χ3v) is 1.26. The normalized spacial score (nSPS) is 8.07. The number of aliphatic carboxylic acids is 1. The Hall–Kier alpha value is -1.97. The molecule has 1 rings (SSSR count). The van der Waals surface area contributed by atoms with E-state index in [1.807, 2.05) is 0 Å². The van der Waals surface area contributed by atoms with E-state index in [1.54, 1.807) is 24.3 Å². The highest BCUT2D eigenvalue weighted by molar-refractivity contribution is 5.78. The molecule has 0 aromatic heterocycles. The van der Waals surface area contributed by atoms with Gasteiger partial charge in [-0.25, -0.2) is 4.79 Å². The van der Waals surface area contributed by atoms with E-state index in [1.165, 1.54) is 7.11 Å². The molecule has 0 saturated heterocycles. The first-order valence-electron chi connectivity index (χ1n) is 3.79. The number of hydrogen-bond donors (Lipinski definition) is 2. The van der Waals surface area contributed by atoms with Crippen molar-refractivity contribution >= 4 is 5.97 Å². The molecular weight excluding hydrogens is 184 g/mol. The molecule has 1 aromatic rings. The molecule has 0 atom stereocenters. The van der Waals surface area contributed by atoms with Gasteiger partial charge in [0.1, 0.15) is 0 Å². The van der Waals surface area contributed by atoms with E-state index < -0.39 is 5.97 Å². The Balaban J connectivity index is 0.000000292. The summed E-state index contributed by atoms with van der Waals surface area (Å²) in [5, 5.41) is 16.6. The predicted octanol–water partition coefficient (Wildman–Crippen LogP) is 1.66. The number of phenols is 1. The molecule has 0 saturated carbocycles. The molecule has 4 heteroatoms. The smallest absolute Gasteiger partial charge is 0.327 e. The van der Waals surface area contributed by atoms with Gasteiger partial charge in [0.05, 0.1) is 7.11 Å². The number of aromatic hydroxyl groups is 1. The molecule has 14 heavy (non-hydrogen) atoms. The molecule has 0 fully saturated rings. The second-order valence-electron chi connectivity index (χ2n) is 2.21. The van der Waals surface area contributed by atoms with Gasteiger partial charge >= 0.3 is 5.97 Å². The summed E-state index contributed by atoms with van der Waals surface area (Å²) in [7, 11) is 1.52. The topological polar surface area (TPSA) is 66.8 Å². The van der Waals surface area contributed by atoms with Gasteiger partial charge in [-0.05, 0) is 12.1 Å². The quantitative estimate of drug-likeness (QED) is 0.706. The van der Waals surface area contributed by atoms with Crippen molar-refractivity contribution in [1.82, 2.24) is 0 Å². The minimum Gasteiger partial charge on any atom is -0.504 e. The molecule has 0 bridgehead atoms. The Morgan fingerprint density at radius 3 is 2.29 bits per heavy atom. The van der Waals surface area contributed by atoms with Crippen molar-refractivity contribution in [1.29, 1.82) is 0 Å². The number of rotatable bonds is 2. The number of carbonyl (C=O) groups is 1. The number of carboxylic acids is 1. The van der Waals surface area contributed by atoms with Crippen LogP contribution in [0.5, 0.6) is 11.5 Å². The second kappa shape index (κ2) is 6.54. The summed E-state index contributed by atoms with van der Waals surface area (Å²) in [4.78, 5) is 9.25. The predicted molar refractivity (Wildman–Crippen MR) is 52.5 cm³/mol. The third-order valence-electron chi connectivity index (χ3n) is 1.26. The fraction of sp³-hybridized carbons (Fsp3) is 0.100. The minimum absolute atomic E-state index is 0.181. The molecule has 0 unspecified atom stereocenters. The summed E-state index contributed by atoms with van der Waals surface area (Å²) in [6, 6.07) is 6.84. The maximum absolute atomic E-state index is 9.25. The molecular formula is C10H12O4. The van der Waals surface area contributed by atoms with Gasteiger partial charge in [-0.3, -0.25) is 0 Å². The van der Waals surface area contributed by atoms with E-state index in [2.05, 4.69) is 6.58 Å². The molecule has 0 spiro atoms. The Morgan fingerprint density at radius 2 is 2.00 bits per heavy atom. The highest BCUT2D eigenvalue weighted by atomic mass is 16.5. The van der Waals surface area contributed by atoms with Crippen LogP contribution < -0.4 is 4.74 Å². The maximum atomic E-state index is 9.25. The molecule has 0 amide bonds. The summed E-state index contributed by atoms with van der Waals surface area (Å²) in [5.74, 6) is -0.289. The van der Waals surface area contributed by atoms with Crippen LogP contribution in [0.25, 0.3) is 0 Å². The zero-order valence-corrected chi connectivity index (χ0v) is 7.80. The first-order chi connectivity index (χ1) is 6.61. The summed E-state index contributed by atoms with van der Waals surface area (Å²) < 4.78 is 4.79. The van der Waals surface area contributed by atoms with Crippen molar-refractivity contribution in [2.45, 2.75) is 0 Å². The van der Waals surface area contributed by atoms with Crippen molar-refractivity contribution in [3.8, 4) is 11.5 Å². The Morgan fingerprint density at radius 1 is 1.50 bits per heavy atom. The molecule has 4 nitrogen and oxygen atoms in total. The van der Waals surface area contributed by atoms with Gasteiger partial charge < -0.3 is 14.9 Å². The number of hydrogen-bond acceptors (Lipinski definition) is 3. The number of carboxylic acid groups (broad SMARTS) is 1. The summed E-state index contributed by atoms with van der Waals surface area (Å²) in [5.41, 5.74) is 0.